The van der Waals surface area contributed by atoms with Gasteiger partial charge in [-0.25, -0.2) is 14.6 Å². The number of hydrogen-bond donors (Lipinski definition) is 1. The molecule has 1 N–H and O–H groups in total. The minimum atomic E-state index is -1.13. The molecule has 198 valence electrons. The predicted molar refractivity (Wildman–Crippen MR) is 151 cm³/mol. The highest BCUT2D eigenvalue weighted by atomic mass is 16.2. The van der Waals surface area contributed by atoms with Crippen LogP contribution in [-0.4, -0.2) is 50.4 Å². The van der Waals surface area contributed by atoms with E-state index in [1.807, 2.05) is 66.7 Å². The van der Waals surface area contributed by atoms with Crippen LogP contribution in [0.2, 0.25) is 0 Å². The first-order valence-corrected chi connectivity index (χ1v) is 12.7. The third kappa shape index (κ3) is 5.83. The lowest BCUT2D eigenvalue weighted by Gasteiger charge is -2.21. The normalized spacial score (nSPS) is 11.4. The van der Waals surface area contributed by atoms with E-state index in [-0.39, 0.29) is 12.0 Å². The van der Waals surface area contributed by atoms with Crippen molar-refractivity contribution in [3.05, 3.63) is 127 Å². The van der Waals surface area contributed by atoms with Crippen molar-refractivity contribution < 1.29 is 14.4 Å². The first-order valence-electron chi connectivity index (χ1n) is 12.7. The molecule has 9 heteroatoms. The summed E-state index contributed by atoms with van der Waals surface area (Å²) in [5.41, 5.74) is 2.65. The number of pyridine rings is 2. The van der Waals surface area contributed by atoms with Crippen molar-refractivity contribution in [2.24, 2.45) is 0 Å². The molecule has 0 aliphatic heterocycles. The van der Waals surface area contributed by atoms with Crippen LogP contribution in [0.5, 0.6) is 0 Å². The van der Waals surface area contributed by atoms with Crippen LogP contribution in [-0.2, 0) is 16.0 Å². The molecule has 0 aliphatic rings. The van der Waals surface area contributed by atoms with Gasteiger partial charge in [0.2, 0.25) is 5.78 Å². The fourth-order valence-corrected chi connectivity index (χ4v) is 4.23. The van der Waals surface area contributed by atoms with Crippen LogP contribution in [0.25, 0.3) is 17.1 Å². The van der Waals surface area contributed by atoms with Crippen LogP contribution in [0.15, 0.2) is 116 Å². The van der Waals surface area contributed by atoms with Gasteiger partial charge in [-0.1, -0.05) is 66.7 Å². The van der Waals surface area contributed by atoms with Crippen molar-refractivity contribution in [2.75, 3.05) is 11.9 Å². The molecule has 0 radical (unpaired) electrons. The van der Waals surface area contributed by atoms with E-state index in [2.05, 4.69) is 20.4 Å². The molecule has 2 amide bonds. The minimum absolute atomic E-state index is 0.128. The monoisotopic (exact) mass is 530 g/mol. The third-order valence-electron chi connectivity index (χ3n) is 6.32. The Balaban J connectivity index is 1.42. The molecule has 5 rings (SSSR count). The molecular formula is C31H26N6O3. The van der Waals surface area contributed by atoms with Crippen LogP contribution < -0.4 is 10.2 Å². The molecule has 0 saturated carbocycles. The first-order chi connectivity index (χ1) is 19.5. The number of Topliss-reactive ketones (excluding diaryl/α,β-unsaturated/α-hetero) is 1. The summed E-state index contributed by atoms with van der Waals surface area (Å²) in [5.74, 6) is -1.48. The number of benzene rings is 2. The van der Waals surface area contributed by atoms with Crippen molar-refractivity contribution in [1.82, 2.24) is 25.1 Å². The second kappa shape index (κ2) is 12.0. The maximum absolute atomic E-state index is 13.6. The zero-order valence-corrected chi connectivity index (χ0v) is 21.7. The summed E-state index contributed by atoms with van der Waals surface area (Å²) in [4.78, 5) is 50.0. The molecule has 40 heavy (non-hydrogen) atoms. The molecule has 3 heterocycles. The Morgan fingerprint density at radius 1 is 0.825 bits per heavy atom. The largest absolute Gasteiger partial charge is 0.341 e. The van der Waals surface area contributed by atoms with Crippen LogP contribution >= 0.6 is 0 Å². The van der Waals surface area contributed by atoms with Crippen molar-refractivity contribution in [3.63, 3.8) is 0 Å². The van der Waals surface area contributed by atoms with E-state index >= 15 is 0 Å². The Morgan fingerprint density at radius 2 is 1.52 bits per heavy atom. The summed E-state index contributed by atoms with van der Waals surface area (Å²) in [6, 6.07) is 27.9. The number of likely N-dealkylation sites (N-methyl/N-ethyl adjacent to an activating group) is 1. The second-order valence-corrected chi connectivity index (χ2v) is 9.02. The van der Waals surface area contributed by atoms with Gasteiger partial charge in [0.05, 0.1) is 11.3 Å². The van der Waals surface area contributed by atoms with Crippen LogP contribution in [0.1, 0.15) is 15.9 Å². The van der Waals surface area contributed by atoms with Gasteiger partial charge in [0.15, 0.2) is 5.82 Å². The Labute approximate surface area is 231 Å². The molecule has 0 spiro atoms. The summed E-state index contributed by atoms with van der Waals surface area (Å²) in [6.45, 7) is 0. The number of anilines is 1. The number of carbonyl (C=O) groups excluding carboxylic acids is 3. The highest BCUT2D eigenvalue weighted by Crippen LogP contribution is 2.19. The summed E-state index contributed by atoms with van der Waals surface area (Å²) in [6.07, 6.45) is 4.95. The Bertz CT molecular complexity index is 1620. The number of nitrogens with one attached hydrogen (secondary N) is 1. The summed E-state index contributed by atoms with van der Waals surface area (Å²) >= 11 is 0. The number of carbonyl (C=O) groups is 3. The number of ketones is 1. The second-order valence-electron chi connectivity index (χ2n) is 9.02. The van der Waals surface area contributed by atoms with E-state index in [0.29, 0.717) is 11.6 Å². The molecule has 0 bridgehead atoms. The van der Waals surface area contributed by atoms with Crippen LogP contribution in [0.4, 0.5) is 5.82 Å². The average Bonchev–Trinajstić information content (AvgIpc) is 3.51. The topological polar surface area (TPSA) is 110 Å². The zero-order valence-electron chi connectivity index (χ0n) is 21.7. The molecule has 0 aliphatic carbocycles. The SMILES string of the molecule is CN(C(=O)C(=O)C(Cc1ccccc1)NC(=O)c1cccnc1-n1ccc(-c2ccccc2)n1)c1ccccn1. The van der Waals surface area contributed by atoms with E-state index in [1.54, 1.807) is 42.7 Å². The number of nitrogens with zero attached hydrogens (tertiary/aromatic N) is 5. The van der Waals surface area contributed by atoms with Crippen molar-refractivity contribution in [1.29, 1.82) is 0 Å². The van der Waals surface area contributed by atoms with Gasteiger partial charge in [0.1, 0.15) is 11.9 Å². The average molecular weight is 531 g/mol. The molecule has 5 aromatic rings. The van der Waals surface area contributed by atoms with Gasteiger partial charge >= 0.3 is 0 Å². The highest BCUT2D eigenvalue weighted by Gasteiger charge is 2.31. The standard InChI is InChI=1S/C31H26N6O3/c1-36(27-16-8-9-18-32-27)31(40)28(38)26(21-22-11-4-2-5-12-22)34-30(39)24-15-10-19-33-29(24)37-20-17-25(35-37)23-13-6-3-7-14-23/h2-20,26H,21H2,1H3,(H,34,39). The van der Waals surface area contributed by atoms with Crippen LogP contribution in [0.3, 0.4) is 0 Å². The number of rotatable bonds is 9. The maximum Gasteiger partial charge on any atom is 0.297 e. The summed E-state index contributed by atoms with van der Waals surface area (Å²) in [5, 5.41) is 7.38. The molecule has 0 saturated heterocycles. The fraction of sp³-hybridized carbons (Fsp3) is 0.0968. The fourth-order valence-electron chi connectivity index (χ4n) is 4.23. The van der Waals surface area contributed by atoms with Crippen molar-refractivity contribution in [3.8, 4) is 17.1 Å². The number of aromatic nitrogens is 4. The van der Waals surface area contributed by atoms with Crippen molar-refractivity contribution >= 4 is 23.4 Å². The van der Waals surface area contributed by atoms with Crippen LogP contribution in [0, 0.1) is 0 Å². The molecule has 0 fully saturated rings. The maximum atomic E-state index is 13.6. The number of amides is 2. The van der Waals surface area contributed by atoms with E-state index in [4.69, 9.17) is 0 Å². The van der Waals surface area contributed by atoms with Gasteiger partial charge in [-0.2, -0.15) is 5.10 Å². The van der Waals surface area contributed by atoms with Crippen molar-refractivity contribution in [2.45, 2.75) is 12.5 Å². The van der Waals surface area contributed by atoms with E-state index < -0.39 is 23.6 Å². The van der Waals surface area contributed by atoms with Gasteiger partial charge in [-0.15, -0.1) is 0 Å². The summed E-state index contributed by atoms with van der Waals surface area (Å²) < 4.78 is 1.52. The Kier molecular flexibility index (Phi) is 7.82. The highest BCUT2D eigenvalue weighted by molar-refractivity contribution is 6.43. The predicted octanol–water partition coefficient (Wildman–Crippen LogP) is 3.90. The van der Waals surface area contributed by atoms with Gasteiger partial charge in [-0.05, 0) is 35.9 Å². The van der Waals surface area contributed by atoms with Gasteiger partial charge < -0.3 is 5.32 Å². The van der Waals surface area contributed by atoms with Gasteiger partial charge in [0.25, 0.3) is 11.8 Å². The van der Waals surface area contributed by atoms with Gasteiger partial charge in [-0.3, -0.25) is 19.3 Å². The smallest absolute Gasteiger partial charge is 0.297 e. The Hall–Kier alpha value is -5.44. The van der Waals surface area contributed by atoms with E-state index in [1.165, 1.54) is 22.8 Å². The zero-order chi connectivity index (χ0) is 27.9. The summed E-state index contributed by atoms with van der Waals surface area (Å²) in [7, 11) is 1.48. The number of hydrogen-bond acceptors (Lipinski definition) is 6. The first kappa shape index (κ1) is 26.2. The minimum Gasteiger partial charge on any atom is -0.341 e. The Morgan fingerprint density at radius 3 is 2.25 bits per heavy atom. The molecule has 9 nitrogen and oxygen atoms in total. The van der Waals surface area contributed by atoms with E-state index in [0.717, 1.165) is 16.8 Å². The molecule has 2 aromatic carbocycles. The molecule has 1 unspecified atom stereocenters. The third-order valence-corrected chi connectivity index (χ3v) is 6.32. The van der Waals surface area contributed by atoms with Gasteiger partial charge in [0, 0.05) is 37.6 Å². The lowest BCUT2D eigenvalue weighted by Crippen LogP contribution is -2.49. The lowest BCUT2D eigenvalue weighted by atomic mass is 10.0. The lowest BCUT2D eigenvalue weighted by molar-refractivity contribution is -0.137. The van der Waals surface area contributed by atoms with E-state index in [9.17, 15) is 14.4 Å². The molecule has 3 aromatic heterocycles. The molecular weight excluding hydrogens is 504 g/mol. The molecule has 1 atom stereocenters. The quantitative estimate of drug-likeness (QED) is 0.290.